The number of anilines is 2. The molecule has 5 rings (SSSR count). The lowest BCUT2D eigenvalue weighted by Gasteiger charge is -2.17. The van der Waals surface area contributed by atoms with Crippen LogP contribution < -0.4 is 10.6 Å². The molecule has 0 unspecified atom stereocenters. The van der Waals surface area contributed by atoms with E-state index in [9.17, 15) is 10.2 Å². The fourth-order valence-electron chi connectivity index (χ4n) is 4.18. The number of phenols is 2. The van der Waals surface area contributed by atoms with Gasteiger partial charge in [0, 0.05) is 24.2 Å². The Labute approximate surface area is 186 Å². The molecule has 4 heteroatoms. The zero-order valence-corrected chi connectivity index (χ0v) is 17.5. The van der Waals surface area contributed by atoms with Crippen molar-refractivity contribution in [3.8, 4) is 11.5 Å². The quantitative estimate of drug-likeness (QED) is 0.249. The van der Waals surface area contributed by atoms with Crippen molar-refractivity contribution in [3.05, 3.63) is 108 Å². The van der Waals surface area contributed by atoms with Crippen molar-refractivity contribution in [2.75, 3.05) is 10.6 Å². The van der Waals surface area contributed by atoms with E-state index >= 15 is 0 Å². The van der Waals surface area contributed by atoms with Crippen LogP contribution in [0.1, 0.15) is 11.1 Å². The van der Waals surface area contributed by atoms with Gasteiger partial charge in [0.05, 0.1) is 11.4 Å². The molecule has 0 atom stereocenters. The van der Waals surface area contributed by atoms with E-state index in [1.807, 2.05) is 84.9 Å². The Morgan fingerprint density at radius 2 is 0.875 bits per heavy atom. The van der Waals surface area contributed by atoms with Gasteiger partial charge < -0.3 is 20.8 Å². The summed E-state index contributed by atoms with van der Waals surface area (Å²) in [7, 11) is 0. The summed E-state index contributed by atoms with van der Waals surface area (Å²) >= 11 is 0. The molecule has 5 aromatic rings. The SMILES string of the molecule is Oc1ccc2ccccc2c1CNc1ccccc1NCc1c(O)ccc2ccccc12. The second-order valence-electron chi connectivity index (χ2n) is 7.82. The largest absolute Gasteiger partial charge is 0.508 e. The lowest BCUT2D eigenvalue weighted by Crippen LogP contribution is -2.06. The van der Waals surface area contributed by atoms with Crippen molar-refractivity contribution in [1.29, 1.82) is 0 Å². The molecule has 158 valence electrons. The van der Waals surface area contributed by atoms with Gasteiger partial charge in [-0.3, -0.25) is 0 Å². The molecule has 0 spiro atoms. The number of fused-ring (bicyclic) bond motifs is 2. The minimum Gasteiger partial charge on any atom is -0.508 e. The van der Waals surface area contributed by atoms with Gasteiger partial charge in [0.2, 0.25) is 0 Å². The first-order chi connectivity index (χ1) is 15.7. The van der Waals surface area contributed by atoms with Crippen LogP contribution in [0, 0.1) is 0 Å². The van der Waals surface area contributed by atoms with E-state index in [1.165, 1.54) is 0 Å². The van der Waals surface area contributed by atoms with Gasteiger partial charge in [-0.25, -0.2) is 0 Å². The number of rotatable bonds is 6. The highest BCUT2D eigenvalue weighted by Gasteiger charge is 2.10. The average molecular weight is 421 g/mol. The van der Waals surface area contributed by atoms with Crippen LogP contribution in [0.25, 0.3) is 21.5 Å². The van der Waals surface area contributed by atoms with Gasteiger partial charge in [0.1, 0.15) is 11.5 Å². The predicted octanol–water partition coefficient (Wildman–Crippen LogP) is 6.63. The van der Waals surface area contributed by atoms with Gasteiger partial charge in [-0.15, -0.1) is 0 Å². The highest BCUT2D eigenvalue weighted by Crippen LogP contribution is 2.31. The second-order valence-corrected chi connectivity index (χ2v) is 7.82. The Morgan fingerprint density at radius 1 is 0.469 bits per heavy atom. The van der Waals surface area contributed by atoms with E-state index in [0.717, 1.165) is 44.0 Å². The monoisotopic (exact) mass is 420 g/mol. The molecule has 0 aliphatic rings. The van der Waals surface area contributed by atoms with Crippen LogP contribution >= 0.6 is 0 Å². The highest BCUT2D eigenvalue weighted by atomic mass is 16.3. The zero-order valence-electron chi connectivity index (χ0n) is 17.5. The number of phenolic OH excluding ortho intramolecular Hbond substituents is 2. The summed E-state index contributed by atoms with van der Waals surface area (Å²) in [6.45, 7) is 0.983. The van der Waals surface area contributed by atoms with Gasteiger partial charge in [-0.1, -0.05) is 72.8 Å². The van der Waals surface area contributed by atoms with Crippen molar-refractivity contribution in [3.63, 3.8) is 0 Å². The topological polar surface area (TPSA) is 64.5 Å². The molecule has 5 aromatic carbocycles. The molecule has 32 heavy (non-hydrogen) atoms. The fourth-order valence-corrected chi connectivity index (χ4v) is 4.18. The fraction of sp³-hybridized carbons (Fsp3) is 0.0714. The van der Waals surface area contributed by atoms with Crippen LogP contribution in [0.15, 0.2) is 97.1 Å². The highest BCUT2D eigenvalue weighted by molar-refractivity contribution is 5.89. The van der Waals surface area contributed by atoms with Crippen LogP contribution in [0.4, 0.5) is 11.4 Å². The van der Waals surface area contributed by atoms with E-state index in [0.29, 0.717) is 13.1 Å². The van der Waals surface area contributed by atoms with Gasteiger partial charge in [-0.05, 0) is 45.8 Å². The third-order valence-corrected chi connectivity index (χ3v) is 5.87. The third-order valence-electron chi connectivity index (χ3n) is 5.87. The summed E-state index contributed by atoms with van der Waals surface area (Å²) < 4.78 is 0. The van der Waals surface area contributed by atoms with Gasteiger partial charge >= 0.3 is 0 Å². The molecule has 4 N–H and O–H groups in total. The van der Waals surface area contributed by atoms with Crippen molar-refractivity contribution in [1.82, 2.24) is 0 Å². The molecule has 0 heterocycles. The maximum absolute atomic E-state index is 10.5. The van der Waals surface area contributed by atoms with Crippen LogP contribution in [0.5, 0.6) is 11.5 Å². The summed E-state index contributed by atoms with van der Waals surface area (Å²) in [6, 6.07) is 31.4. The minimum absolute atomic E-state index is 0.280. The van der Waals surface area contributed by atoms with Crippen LogP contribution in [-0.2, 0) is 13.1 Å². The lowest BCUT2D eigenvalue weighted by atomic mass is 10.0. The maximum atomic E-state index is 10.5. The van der Waals surface area contributed by atoms with Gasteiger partial charge in [0.15, 0.2) is 0 Å². The number of aromatic hydroxyl groups is 2. The van der Waals surface area contributed by atoms with E-state index in [1.54, 1.807) is 12.1 Å². The first kappa shape index (κ1) is 19.8. The molecule has 0 bridgehead atoms. The Morgan fingerprint density at radius 3 is 1.34 bits per heavy atom. The first-order valence-corrected chi connectivity index (χ1v) is 10.7. The minimum atomic E-state index is 0.280. The summed E-state index contributed by atoms with van der Waals surface area (Å²) in [5.41, 5.74) is 3.59. The Bertz CT molecular complexity index is 1300. The molecule has 0 aliphatic carbocycles. The summed E-state index contributed by atoms with van der Waals surface area (Å²) in [6.07, 6.45) is 0. The lowest BCUT2D eigenvalue weighted by molar-refractivity contribution is 0.469. The number of hydrogen-bond donors (Lipinski definition) is 4. The molecule has 4 nitrogen and oxygen atoms in total. The predicted molar refractivity (Wildman–Crippen MR) is 132 cm³/mol. The number of hydrogen-bond acceptors (Lipinski definition) is 4. The normalized spacial score (nSPS) is 11.0. The van der Waals surface area contributed by atoms with Crippen molar-refractivity contribution < 1.29 is 10.2 Å². The summed E-state index contributed by atoms with van der Waals surface area (Å²) in [5.74, 6) is 0.560. The molecular formula is C28H24N2O2. The van der Waals surface area contributed by atoms with Gasteiger partial charge in [0.25, 0.3) is 0 Å². The van der Waals surface area contributed by atoms with E-state index in [-0.39, 0.29) is 11.5 Å². The first-order valence-electron chi connectivity index (χ1n) is 10.7. The second kappa shape index (κ2) is 8.52. The Kier molecular flexibility index (Phi) is 5.26. The van der Waals surface area contributed by atoms with Crippen LogP contribution in [-0.4, -0.2) is 10.2 Å². The molecule has 0 saturated heterocycles. The number of benzene rings is 5. The molecule has 0 fully saturated rings. The molecule has 0 aliphatic heterocycles. The Hall–Kier alpha value is -4.18. The van der Waals surface area contributed by atoms with Gasteiger partial charge in [-0.2, -0.15) is 0 Å². The number of nitrogens with one attached hydrogen (secondary N) is 2. The van der Waals surface area contributed by atoms with E-state index in [4.69, 9.17) is 0 Å². The molecule has 0 aromatic heterocycles. The van der Waals surface area contributed by atoms with Crippen LogP contribution in [0.2, 0.25) is 0 Å². The number of para-hydroxylation sites is 2. The molecular weight excluding hydrogens is 396 g/mol. The van der Waals surface area contributed by atoms with Crippen molar-refractivity contribution in [2.45, 2.75) is 13.1 Å². The van der Waals surface area contributed by atoms with E-state index < -0.39 is 0 Å². The standard InChI is InChI=1S/C28H24N2O2/c31-27-15-13-19-7-1-3-9-21(19)23(27)17-29-25-11-5-6-12-26(25)30-18-24-22-10-4-2-8-20(22)14-16-28(24)32/h1-16,29-32H,17-18H2. The summed E-state index contributed by atoms with van der Waals surface area (Å²) in [5, 5.41) is 32.1. The maximum Gasteiger partial charge on any atom is 0.121 e. The molecule has 0 radical (unpaired) electrons. The van der Waals surface area contributed by atoms with Crippen molar-refractivity contribution >= 4 is 32.9 Å². The third kappa shape index (κ3) is 3.79. The molecule has 0 saturated carbocycles. The average Bonchev–Trinajstić information content (AvgIpc) is 2.83. The zero-order chi connectivity index (χ0) is 21.9. The van der Waals surface area contributed by atoms with E-state index in [2.05, 4.69) is 10.6 Å². The smallest absolute Gasteiger partial charge is 0.121 e. The summed E-state index contributed by atoms with van der Waals surface area (Å²) in [4.78, 5) is 0. The van der Waals surface area contributed by atoms with Crippen molar-refractivity contribution in [2.24, 2.45) is 0 Å². The Balaban J connectivity index is 1.39. The van der Waals surface area contributed by atoms with Crippen LogP contribution in [0.3, 0.4) is 0 Å². The molecule has 0 amide bonds.